The summed E-state index contributed by atoms with van der Waals surface area (Å²) in [6.07, 6.45) is 1.42. The molecule has 0 fully saturated rings. The Labute approximate surface area is 129 Å². The van der Waals surface area contributed by atoms with Gasteiger partial charge < -0.3 is 9.64 Å². The standard InChI is InChI=1S/C18H17N3O/c1-4-22-15-11-9-14(10-12-15)21(3)18-16-7-5-6-8-17(16)19-13(2)20-18/h4-12H,1H2,2-3H3. The van der Waals surface area contributed by atoms with Gasteiger partial charge in [0.2, 0.25) is 0 Å². The minimum absolute atomic E-state index is 0.757. The second kappa shape index (κ2) is 5.85. The Hall–Kier alpha value is -2.88. The predicted octanol–water partition coefficient (Wildman–Crippen LogP) is 4.23. The number of anilines is 2. The normalized spacial score (nSPS) is 10.5. The number of nitrogens with zero attached hydrogens (tertiary/aromatic N) is 3. The van der Waals surface area contributed by atoms with E-state index in [9.17, 15) is 0 Å². The van der Waals surface area contributed by atoms with E-state index in [1.165, 1.54) is 6.26 Å². The van der Waals surface area contributed by atoms with Crippen LogP contribution in [-0.4, -0.2) is 17.0 Å². The first-order chi connectivity index (χ1) is 10.7. The van der Waals surface area contributed by atoms with Crippen molar-refractivity contribution in [2.45, 2.75) is 6.92 Å². The second-order valence-corrected chi connectivity index (χ2v) is 4.95. The van der Waals surface area contributed by atoms with Crippen LogP contribution in [0.15, 0.2) is 61.4 Å². The maximum Gasteiger partial charge on any atom is 0.144 e. The van der Waals surface area contributed by atoms with Crippen LogP contribution in [-0.2, 0) is 0 Å². The van der Waals surface area contributed by atoms with Crippen molar-refractivity contribution in [3.63, 3.8) is 0 Å². The third-order valence-electron chi connectivity index (χ3n) is 3.46. The van der Waals surface area contributed by atoms with Crippen LogP contribution in [0.25, 0.3) is 10.9 Å². The monoisotopic (exact) mass is 291 g/mol. The molecule has 0 aliphatic heterocycles. The highest BCUT2D eigenvalue weighted by Crippen LogP contribution is 2.29. The average Bonchev–Trinajstić information content (AvgIpc) is 2.54. The van der Waals surface area contributed by atoms with E-state index in [0.29, 0.717) is 0 Å². The van der Waals surface area contributed by atoms with Crippen molar-refractivity contribution in [1.82, 2.24) is 9.97 Å². The molecule has 1 heterocycles. The fourth-order valence-electron chi connectivity index (χ4n) is 2.40. The van der Waals surface area contributed by atoms with Crippen molar-refractivity contribution in [2.75, 3.05) is 11.9 Å². The fraction of sp³-hybridized carbons (Fsp3) is 0.111. The Morgan fingerprint density at radius 3 is 2.50 bits per heavy atom. The quantitative estimate of drug-likeness (QED) is 0.674. The number of rotatable bonds is 4. The molecule has 2 aromatic carbocycles. The number of aromatic nitrogens is 2. The van der Waals surface area contributed by atoms with Crippen molar-refractivity contribution in [1.29, 1.82) is 0 Å². The summed E-state index contributed by atoms with van der Waals surface area (Å²) in [6, 6.07) is 15.8. The molecule has 4 nitrogen and oxygen atoms in total. The lowest BCUT2D eigenvalue weighted by Crippen LogP contribution is -2.12. The summed E-state index contributed by atoms with van der Waals surface area (Å²) in [7, 11) is 2.00. The molecule has 0 radical (unpaired) electrons. The Morgan fingerprint density at radius 2 is 1.77 bits per heavy atom. The van der Waals surface area contributed by atoms with E-state index in [1.54, 1.807) is 0 Å². The number of aryl methyl sites for hydroxylation is 1. The first kappa shape index (κ1) is 14.1. The molecule has 0 atom stereocenters. The van der Waals surface area contributed by atoms with Gasteiger partial charge in [-0.2, -0.15) is 0 Å². The number of hydrogen-bond donors (Lipinski definition) is 0. The SMILES string of the molecule is C=COc1ccc(N(C)c2nc(C)nc3ccccc23)cc1. The summed E-state index contributed by atoms with van der Waals surface area (Å²) in [5, 5.41) is 1.03. The van der Waals surface area contributed by atoms with Gasteiger partial charge in [-0.15, -0.1) is 0 Å². The first-order valence-electron chi connectivity index (χ1n) is 7.04. The molecule has 3 aromatic rings. The Bertz CT molecular complexity index is 812. The molecule has 110 valence electrons. The Kier molecular flexibility index (Phi) is 3.74. The van der Waals surface area contributed by atoms with Crippen molar-refractivity contribution in [3.8, 4) is 5.75 Å². The van der Waals surface area contributed by atoms with E-state index < -0.39 is 0 Å². The molecule has 22 heavy (non-hydrogen) atoms. The van der Waals surface area contributed by atoms with Crippen LogP contribution in [0.1, 0.15) is 5.82 Å². The fourth-order valence-corrected chi connectivity index (χ4v) is 2.40. The summed E-state index contributed by atoms with van der Waals surface area (Å²) in [6.45, 7) is 5.46. The van der Waals surface area contributed by atoms with E-state index in [0.717, 1.165) is 34.0 Å². The van der Waals surface area contributed by atoms with Crippen molar-refractivity contribution in [3.05, 3.63) is 67.2 Å². The van der Waals surface area contributed by atoms with Gasteiger partial charge in [-0.3, -0.25) is 0 Å². The van der Waals surface area contributed by atoms with E-state index in [2.05, 4.69) is 21.4 Å². The van der Waals surface area contributed by atoms with Gasteiger partial charge in [-0.25, -0.2) is 9.97 Å². The highest BCUT2D eigenvalue weighted by Gasteiger charge is 2.11. The lowest BCUT2D eigenvalue weighted by Gasteiger charge is -2.20. The number of ether oxygens (including phenoxy) is 1. The molecular formula is C18H17N3O. The summed E-state index contributed by atoms with van der Waals surface area (Å²) < 4.78 is 5.26. The molecule has 0 amide bonds. The Morgan fingerprint density at radius 1 is 1.05 bits per heavy atom. The molecule has 0 bridgehead atoms. The average molecular weight is 291 g/mol. The largest absolute Gasteiger partial charge is 0.466 e. The highest BCUT2D eigenvalue weighted by molar-refractivity contribution is 5.91. The lowest BCUT2D eigenvalue weighted by molar-refractivity contribution is 0.483. The smallest absolute Gasteiger partial charge is 0.144 e. The van der Waals surface area contributed by atoms with Crippen LogP contribution < -0.4 is 9.64 Å². The van der Waals surface area contributed by atoms with Gasteiger partial charge in [-0.05, 0) is 43.3 Å². The summed E-state index contributed by atoms with van der Waals surface area (Å²) in [4.78, 5) is 11.1. The van der Waals surface area contributed by atoms with Crippen LogP contribution >= 0.6 is 0 Å². The third kappa shape index (κ3) is 2.63. The van der Waals surface area contributed by atoms with Gasteiger partial charge in [-0.1, -0.05) is 18.7 Å². The Balaban J connectivity index is 2.04. The lowest BCUT2D eigenvalue weighted by atomic mass is 10.2. The third-order valence-corrected chi connectivity index (χ3v) is 3.46. The molecule has 0 aliphatic rings. The van der Waals surface area contributed by atoms with E-state index in [1.807, 2.05) is 62.5 Å². The molecule has 0 aliphatic carbocycles. The van der Waals surface area contributed by atoms with Gasteiger partial charge in [0.25, 0.3) is 0 Å². The summed E-state index contributed by atoms with van der Waals surface area (Å²) in [5.41, 5.74) is 1.98. The molecule has 0 saturated heterocycles. The van der Waals surface area contributed by atoms with Crippen LogP contribution in [0.2, 0.25) is 0 Å². The molecule has 1 aromatic heterocycles. The first-order valence-corrected chi connectivity index (χ1v) is 7.04. The van der Waals surface area contributed by atoms with Crippen LogP contribution in [0.4, 0.5) is 11.5 Å². The van der Waals surface area contributed by atoms with E-state index in [-0.39, 0.29) is 0 Å². The van der Waals surface area contributed by atoms with E-state index >= 15 is 0 Å². The van der Waals surface area contributed by atoms with Crippen molar-refractivity contribution in [2.24, 2.45) is 0 Å². The predicted molar refractivity (Wildman–Crippen MR) is 89.6 cm³/mol. The van der Waals surface area contributed by atoms with Crippen LogP contribution in [0, 0.1) is 6.92 Å². The van der Waals surface area contributed by atoms with Gasteiger partial charge in [0.1, 0.15) is 17.4 Å². The highest BCUT2D eigenvalue weighted by atomic mass is 16.5. The number of benzene rings is 2. The molecular weight excluding hydrogens is 274 g/mol. The number of hydrogen-bond acceptors (Lipinski definition) is 4. The van der Waals surface area contributed by atoms with Gasteiger partial charge in [0.15, 0.2) is 0 Å². The van der Waals surface area contributed by atoms with Crippen molar-refractivity contribution < 1.29 is 4.74 Å². The minimum atomic E-state index is 0.757. The molecule has 4 heteroatoms. The topological polar surface area (TPSA) is 38.2 Å². The van der Waals surface area contributed by atoms with Gasteiger partial charge >= 0.3 is 0 Å². The summed E-state index contributed by atoms with van der Waals surface area (Å²) in [5.74, 6) is 2.41. The van der Waals surface area contributed by atoms with Gasteiger partial charge in [0.05, 0.1) is 11.8 Å². The molecule has 0 N–H and O–H groups in total. The summed E-state index contributed by atoms with van der Waals surface area (Å²) >= 11 is 0. The molecule has 3 rings (SSSR count). The van der Waals surface area contributed by atoms with Crippen molar-refractivity contribution >= 4 is 22.4 Å². The molecule has 0 saturated carbocycles. The van der Waals surface area contributed by atoms with Gasteiger partial charge in [0, 0.05) is 18.1 Å². The van der Waals surface area contributed by atoms with Crippen LogP contribution in [0.3, 0.4) is 0 Å². The second-order valence-electron chi connectivity index (χ2n) is 4.95. The maximum absolute atomic E-state index is 5.26. The zero-order valence-electron chi connectivity index (χ0n) is 12.7. The van der Waals surface area contributed by atoms with Crippen LogP contribution in [0.5, 0.6) is 5.75 Å². The zero-order valence-corrected chi connectivity index (χ0v) is 12.7. The minimum Gasteiger partial charge on any atom is -0.466 e. The zero-order chi connectivity index (χ0) is 15.5. The number of para-hydroxylation sites is 1. The molecule has 0 spiro atoms. The molecule has 0 unspecified atom stereocenters. The number of fused-ring (bicyclic) bond motifs is 1. The maximum atomic E-state index is 5.26. The van der Waals surface area contributed by atoms with E-state index in [4.69, 9.17) is 4.74 Å².